The minimum atomic E-state index is -4.50. The molecule has 0 radical (unpaired) electrons. The standard InChI is InChI=1S/C22H15ClF3NO2S/c23-14-5-9-16(10-6-14)29-17-11-7-15(8-12-17)27-20(28)13-30-21(27)18-3-1-2-4-19(18)22(24,25)26/h1-12,21H,13H2. The van der Waals surface area contributed by atoms with Gasteiger partial charge in [-0.05, 0) is 60.2 Å². The SMILES string of the molecule is O=C1CSC(c2ccccc2C(F)(F)F)N1c1ccc(Oc2ccc(Cl)cc2)cc1. The second-order valence-electron chi connectivity index (χ2n) is 6.56. The molecule has 30 heavy (non-hydrogen) atoms. The van der Waals surface area contributed by atoms with Crippen molar-refractivity contribution < 1.29 is 22.7 Å². The Bertz CT molecular complexity index is 1060. The third-order valence-electron chi connectivity index (χ3n) is 4.56. The van der Waals surface area contributed by atoms with E-state index in [1.807, 2.05) is 0 Å². The van der Waals surface area contributed by atoms with E-state index in [4.69, 9.17) is 16.3 Å². The molecule has 1 aliphatic rings. The van der Waals surface area contributed by atoms with Gasteiger partial charge in [-0.1, -0.05) is 29.8 Å². The Kier molecular flexibility index (Phi) is 5.66. The van der Waals surface area contributed by atoms with Crippen LogP contribution in [0.4, 0.5) is 18.9 Å². The van der Waals surface area contributed by atoms with E-state index in [0.29, 0.717) is 22.2 Å². The number of nitrogens with zero attached hydrogens (tertiary/aromatic N) is 1. The number of carbonyl (C=O) groups excluding carboxylic acids is 1. The summed E-state index contributed by atoms with van der Waals surface area (Å²) in [6, 6.07) is 18.9. The van der Waals surface area contributed by atoms with Crippen molar-refractivity contribution in [2.24, 2.45) is 0 Å². The van der Waals surface area contributed by atoms with Gasteiger partial charge in [-0.25, -0.2) is 0 Å². The van der Waals surface area contributed by atoms with Gasteiger partial charge in [-0.3, -0.25) is 9.69 Å². The van der Waals surface area contributed by atoms with Crippen LogP contribution >= 0.6 is 23.4 Å². The second kappa shape index (κ2) is 8.24. The Hall–Kier alpha value is -2.64. The van der Waals surface area contributed by atoms with E-state index >= 15 is 0 Å². The van der Waals surface area contributed by atoms with E-state index in [1.165, 1.54) is 28.8 Å². The highest BCUT2D eigenvalue weighted by molar-refractivity contribution is 8.00. The summed E-state index contributed by atoms with van der Waals surface area (Å²) in [7, 11) is 0. The fraction of sp³-hybridized carbons (Fsp3) is 0.136. The smallest absolute Gasteiger partial charge is 0.416 e. The number of carbonyl (C=O) groups is 1. The van der Waals surface area contributed by atoms with Crippen LogP contribution in [0.5, 0.6) is 11.5 Å². The van der Waals surface area contributed by atoms with Crippen molar-refractivity contribution in [3.05, 3.63) is 88.9 Å². The first kappa shape index (κ1) is 20.6. The lowest BCUT2D eigenvalue weighted by molar-refractivity contribution is -0.138. The van der Waals surface area contributed by atoms with Gasteiger partial charge < -0.3 is 4.74 Å². The topological polar surface area (TPSA) is 29.5 Å². The number of anilines is 1. The van der Waals surface area contributed by atoms with Gasteiger partial charge in [-0.15, -0.1) is 11.8 Å². The number of rotatable bonds is 4. The number of alkyl halides is 3. The summed E-state index contributed by atoms with van der Waals surface area (Å²) < 4.78 is 46.2. The molecule has 0 N–H and O–H groups in total. The largest absolute Gasteiger partial charge is 0.457 e. The highest BCUT2D eigenvalue weighted by Crippen LogP contribution is 2.46. The highest BCUT2D eigenvalue weighted by Gasteiger charge is 2.40. The van der Waals surface area contributed by atoms with Gasteiger partial charge in [0, 0.05) is 10.7 Å². The molecular weight excluding hydrogens is 435 g/mol. The summed E-state index contributed by atoms with van der Waals surface area (Å²) >= 11 is 7.04. The molecule has 3 aromatic rings. The van der Waals surface area contributed by atoms with Crippen molar-refractivity contribution in [2.75, 3.05) is 10.7 Å². The third-order valence-corrected chi connectivity index (χ3v) is 6.01. The predicted molar refractivity (Wildman–Crippen MR) is 112 cm³/mol. The molecule has 0 aliphatic carbocycles. The number of thioether (sulfide) groups is 1. The van der Waals surface area contributed by atoms with Crippen LogP contribution in [-0.4, -0.2) is 11.7 Å². The van der Waals surface area contributed by atoms with Gasteiger partial charge in [0.05, 0.1) is 11.3 Å². The average Bonchev–Trinajstić information content (AvgIpc) is 3.11. The van der Waals surface area contributed by atoms with Crippen LogP contribution in [0.2, 0.25) is 5.02 Å². The monoisotopic (exact) mass is 449 g/mol. The second-order valence-corrected chi connectivity index (χ2v) is 8.07. The normalized spacial score (nSPS) is 16.7. The highest BCUT2D eigenvalue weighted by atomic mass is 35.5. The summed E-state index contributed by atoms with van der Waals surface area (Å²) in [6.07, 6.45) is -4.50. The molecule has 1 atom stereocenters. The van der Waals surface area contributed by atoms with E-state index in [-0.39, 0.29) is 17.2 Å². The Morgan fingerprint density at radius 1 is 0.933 bits per heavy atom. The Labute approximate surface area is 180 Å². The van der Waals surface area contributed by atoms with Crippen LogP contribution in [0.15, 0.2) is 72.8 Å². The van der Waals surface area contributed by atoms with Crippen LogP contribution in [0.3, 0.4) is 0 Å². The van der Waals surface area contributed by atoms with Crippen LogP contribution in [0.1, 0.15) is 16.5 Å². The van der Waals surface area contributed by atoms with Gasteiger partial charge >= 0.3 is 6.18 Å². The molecule has 1 unspecified atom stereocenters. The number of hydrogen-bond donors (Lipinski definition) is 0. The molecule has 8 heteroatoms. The predicted octanol–water partition coefficient (Wildman–Crippen LogP) is 6.93. The van der Waals surface area contributed by atoms with Crippen molar-refractivity contribution in [3.63, 3.8) is 0 Å². The van der Waals surface area contributed by atoms with Crippen molar-refractivity contribution >= 4 is 35.0 Å². The van der Waals surface area contributed by atoms with E-state index in [0.717, 1.165) is 6.07 Å². The zero-order chi connectivity index (χ0) is 21.3. The Balaban J connectivity index is 1.61. The summed E-state index contributed by atoms with van der Waals surface area (Å²) in [5, 5.41) is -0.161. The van der Waals surface area contributed by atoms with E-state index in [1.54, 1.807) is 54.6 Å². The Morgan fingerprint density at radius 3 is 2.17 bits per heavy atom. The van der Waals surface area contributed by atoms with Crippen LogP contribution in [0.25, 0.3) is 0 Å². The van der Waals surface area contributed by atoms with Crippen LogP contribution < -0.4 is 9.64 Å². The molecule has 4 rings (SSSR count). The lowest BCUT2D eigenvalue weighted by Gasteiger charge is -2.26. The molecule has 1 fully saturated rings. The van der Waals surface area contributed by atoms with Crippen molar-refractivity contribution in [1.82, 2.24) is 0 Å². The maximum atomic E-state index is 13.5. The molecule has 3 nitrogen and oxygen atoms in total. The quantitative estimate of drug-likeness (QED) is 0.432. The average molecular weight is 450 g/mol. The molecule has 1 saturated heterocycles. The van der Waals surface area contributed by atoms with Crippen molar-refractivity contribution in [3.8, 4) is 11.5 Å². The minimum Gasteiger partial charge on any atom is -0.457 e. The summed E-state index contributed by atoms with van der Waals surface area (Å²) in [5.41, 5.74) is -0.150. The van der Waals surface area contributed by atoms with Gasteiger partial charge in [-0.2, -0.15) is 13.2 Å². The van der Waals surface area contributed by atoms with Gasteiger partial charge in [0.25, 0.3) is 0 Å². The lowest BCUT2D eigenvalue weighted by Crippen LogP contribution is -2.29. The summed E-state index contributed by atoms with van der Waals surface area (Å²) in [4.78, 5) is 13.9. The molecule has 1 aliphatic heterocycles. The number of hydrogen-bond acceptors (Lipinski definition) is 3. The van der Waals surface area contributed by atoms with Crippen LogP contribution in [-0.2, 0) is 11.0 Å². The van der Waals surface area contributed by atoms with Gasteiger partial charge in [0.15, 0.2) is 0 Å². The first-order valence-corrected chi connectivity index (χ1v) is 10.4. The summed E-state index contributed by atoms with van der Waals surface area (Å²) in [6.45, 7) is 0. The molecular formula is C22H15ClF3NO2S. The molecule has 0 aromatic heterocycles. The maximum Gasteiger partial charge on any atom is 0.416 e. The van der Waals surface area contributed by atoms with Gasteiger partial charge in [0.1, 0.15) is 16.9 Å². The van der Waals surface area contributed by atoms with Crippen molar-refractivity contribution in [2.45, 2.75) is 11.6 Å². The van der Waals surface area contributed by atoms with Crippen LogP contribution in [0, 0.1) is 0 Å². The first-order chi connectivity index (χ1) is 14.3. The molecule has 0 saturated carbocycles. The number of halogens is 4. The lowest BCUT2D eigenvalue weighted by atomic mass is 10.1. The summed E-state index contributed by atoms with van der Waals surface area (Å²) in [5.74, 6) is 0.998. The zero-order valence-corrected chi connectivity index (χ0v) is 17.0. The number of benzene rings is 3. The Morgan fingerprint density at radius 2 is 1.53 bits per heavy atom. The fourth-order valence-corrected chi connectivity index (χ4v) is 4.56. The number of amides is 1. The van der Waals surface area contributed by atoms with E-state index in [2.05, 4.69) is 0 Å². The third kappa shape index (κ3) is 4.27. The molecule has 0 spiro atoms. The minimum absolute atomic E-state index is 0.0716. The first-order valence-electron chi connectivity index (χ1n) is 8.96. The van der Waals surface area contributed by atoms with E-state index < -0.39 is 17.1 Å². The number of ether oxygens (including phenoxy) is 1. The molecule has 1 heterocycles. The zero-order valence-electron chi connectivity index (χ0n) is 15.4. The fourth-order valence-electron chi connectivity index (χ4n) is 3.22. The van der Waals surface area contributed by atoms with Gasteiger partial charge in [0.2, 0.25) is 5.91 Å². The molecule has 0 bridgehead atoms. The molecule has 154 valence electrons. The molecule has 1 amide bonds. The van der Waals surface area contributed by atoms with E-state index in [9.17, 15) is 18.0 Å². The molecule has 3 aromatic carbocycles. The van der Waals surface area contributed by atoms with Crippen molar-refractivity contribution in [1.29, 1.82) is 0 Å². The maximum absolute atomic E-state index is 13.5.